The molecule has 2 amide bonds. The number of para-hydroxylation sites is 2. The predicted molar refractivity (Wildman–Crippen MR) is 117 cm³/mol. The molecule has 7 nitrogen and oxygen atoms in total. The summed E-state index contributed by atoms with van der Waals surface area (Å²) in [7, 11) is 0. The number of benzene rings is 2. The lowest BCUT2D eigenvalue weighted by atomic mass is 10.0. The van der Waals surface area contributed by atoms with E-state index in [0.717, 1.165) is 5.56 Å². The van der Waals surface area contributed by atoms with Gasteiger partial charge < -0.3 is 4.74 Å². The molecule has 4 aromatic rings. The van der Waals surface area contributed by atoms with E-state index < -0.39 is 23.7 Å². The normalized spacial score (nSPS) is 11.6. The molecule has 8 heteroatoms. The Morgan fingerprint density at radius 1 is 1.00 bits per heavy atom. The number of halogens is 1. The first-order valence-corrected chi connectivity index (χ1v) is 9.84. The minimum Gasteiger partial charge on any atom is -0.478 e. The molecule has 2 N–H and O–H groups in total. The number of rotatable bonds is 5. The molecule has 0 fully saturated rings. The van der Waals surface area contributed by atoms with E-state index in [9.17, 15) is 14.0 Å². The van der Waals surface area contributed by atoms with Gasteiger partial charge in [-0.2, -0.15) is 0 Å². The third-order valence-electron chi connectivity index (χ3n) is 4.73. The van der Waals surface area contributed by atoms with Crippen LogP contribution in [0.2, 0.25) is 0 Å². The number of carbonyl (C=O) groups is 2. The van der Waals surface area contributed by atoms with E-state index in [4.69, 9.17) is 4.74 Å². The monoisotopic (exact) mass is 430 g/mol. The average Bonchev–Trinajstić information content (AvgIpc) is 2.83. The summed E-state index contributed by atoms with van der Waals surface area (Å²) in [5, 5.41) is 0.627. The summed E-state index contributed by atoms with van der Waals surface area (Å²) in [5.41, 5.74) is 7.00. The van der Waals surface area contributed by atoms with Crippen LogP contribution >= 0.6 is 0 Å². The van der Waals surface area contributed by atoms with Gasteiger partial charge in [-0.1, -0.05) is 30.3 Å². The smallest absolute Gasteiger partial charge is 0.279 e. The zero-order valence-corrected chi connectivity index (χ0v) is 17.1. The minimum atomic E-state index is -1.03. The standard InChI is InChI=1S/C24H19FN4O3/c1-15(32-22-11-5-3-9-19(22)25)23(30)28-29-24(31)18-13-21(16-7-6-12-26-14-16)27-20-10-4-2-8-17(18)20/h2-15H,1H3,(H,28,30)(H,29,31). The van der Waals surface area contributed by atoms with Crippen LogP contribution in [0.25, 0.3) is 22.2 Å². The maximum atomic E-state index is 13.7. The lowest BCUT2D eigenvalue weighted by Gasteiger charge is -2.16. The molecule has 0 saturated carbocycles. The Bertz CT molecular complexity index is 1280. The van der Waals surface area contributed by atoms with Crippen LogP contribution in [0.15, 0.2) is 79.1 Å². The molecule has 0 aliphatic rings. The van der Waals surface area contributed by atoms with Crippen LogP contribution in [0.4, 0.5) is 4.39 Å². The van der Waals surface area contributed by atoms with Crippen molar-refractivity contribution in [1.82, 2.24) is 20.8 Å². The van der Waals surface area contributed by atoms with Crippen molar-refractivity contribution in [2.75, 3.05) is 0 Å². The van der Waals surface area contributed by atoms with Gasteiger partial charge in [0.15, 0.2) is 17.7 Å². The fraction of sp³-hybridized carbons (Fsp3) is 0.0833. The fourth-order valence-electron chi connectivity index (χ4n) is 3.10. The molecule has 0 saturated heterocycles. The second-order valence-electron chi connectivity index (χ2n) is 6.95. The van der Waals surface area contributed by atoms with Crippen molar-refractivity contribution in [3.8, 4) is 17.0 Å². The van der Waals surface area contributed by atoms with Gasteiger partial charge in [-0.15, -0.1) is 0 Å². The Balaban J connectivity index is 1.52. The highest BCUT2D eigenvalue weighted by atomic mass is 19.1. The molecule has 2 aromatic heterocycles. The Labute approximate surface area is 183 Å². The number of hydrazine groups is 1. The summed E-state index contributed by atoms with van der Waals surface area (Å²) >= 11 is 0. The maximum absolute atomic E-state index is 13.7. The summed E-state index contributed by atoms with van der Waals surface area (Å²) < 4.78 is 19.1. The van der Waals surface area contributed by atoms with E-state index in [2.05, 4.69) is 20.8 Å². The molecule has 1 unspecified atom stereocenters. The molecule has 0 radical (unpaired) electrons. The van der Waals surface area contributed by atoms with Gasteiger partial charge in [-0.05, 0) is 43.3 Å². The Morgan fingerprint density at radius 3 is 2.56 bits per heavy atom. The predicted octanol–water partition coefficient (Wildman–Crippen LogP) is 3.66. The van der Waals surface area contributed by atoms with Crippen LogP contribution in [0.1, 0.15) is 17.3 Å². The molecule has 0 bridgehead atoms. The molecule has 0 aliphatic carbocycles. The van der Waals surface area contributed by atoms with Crippen molar-refractivity contribution in [3.63, 3.8) is 0 Å². The number of hydrogen-bond acceptors (Lipinski definition) is 5. The average molecular weight is 430 g/mol. The van der Waals surface area contributed by atoms with Gasteiger partial charge in [0.05, 0.1) is 16.8 Å². The highest BCUT2D eigenvalue weighted by Gasteiger charge is 2.19. The van der Waals surface area contributed by atoms with Crippen LogP contribution in [-0.4, -0.2) is 27.9 Å². The first-order valence-electron chi connectivity index (χ1n) is 9.84. The third kappa shape index (κ3) is 4.54. The van der Waals surface area contributed by atoms with Crippen molar-refractivity contribution in [2.45, 2.75) is 13.0 Å². The SMILES string of the molecule is CC(Oc1ccccc1F)C(=O)NNC(=O)c1cc(-c2cccnc2)nc2ccccc12. The number of amides is 2. The Morgan fingerprint density at radius 2 is 1.78 bits per heavy atom. The third-order valence-corrected chi connectivity index (χ3v) is 4.73. The summed E-state index contributed by atoms with van der Waals surface area (Å²) in [6.45, 7) is 1.45. The highest BCUT2D eigenvalue weighted by Crippen LogP contribution is 2.24. The summed E-state index contributed by atoms with van der Waals surface area (Å²) in [4.78, 5) is 34.0. The molecule has 4 rings (SSSR count). The van der Waals surface area contributed by atoms with E-state index >= 15 is 0 Å². The second kappa shape index (κ2) is 9.22. The molecule has 2 heterocycles. The quantitative estimate of drug-likeness (QED) is 0.472. The zero-order chi connectivity index (χ0) is 22.5. The summed E-state index contributed by atoms with van der Waals surface area (Å²) in [6.07, 6.45) is 2.27. The van der Waals surface area contributed by atoms with Gasteiger partial charge in [0.25, 0.3) is 11.8 Å². The van der Waals surface area contributed by atoms with Gasteiger partial charge >= 0.3 is 0 Å². The van der Waals surface area contributed by atoms with E-state index in [1.54, 1.807) is 48.8 Å². The van der Waals surface area contributed by atoms with Gasteiger partial charge in [-0.3, -0.25) is 25.4 Å². The van der Waals surface area contributed by atoms with Crippen molar-refractivity contribution in [3.05, 3.63) is 90.5 Å². The highest BCUT2D eigenvalue weighted by molar-refractivity contribution is 6.07. The summed E-state index contributed by atoms with van der Waals surface area (Å²) in [5.74, 6) is -1.79. The van der Waals surface area contributed by atoms with Gasteiger partial charge in [-0.25, -0.2) is 9.37 Å². The molecular formula is C24H19FN4O3. The largest absolute Gasteiger partial charge is 0.478 e. The van der Waals surface area contributed by atoms with Crippen molar-refractivity contribution in [1.29, 1.82) is 0 Å². The molecule has 0 aliphatic heterocycles. The van der Waals surface area contributed by atoms with E-state index in [0.29, 0.717) is 22.2 Å². The zero-order valence-electron chi connectivity index (χ0n) is 17.1. The number of carbonyl (C=O) groups excluding carboxylic acids is 2. The number of fused-ring (bicyclic) bond motifs is 1. The molecule has 1 atom stereocenters. The number of ether oxygens (including phenoxy) is 1. The number of aromatic nitrogens is 2. The van der Waals surface area contributed by atoms with Crippen LogP contribution in [-0.2, 0) is 4.79 Å². The lowest BCUT2D eigenvalue weighted by molar-refractivity contribution is -0.128. The van der Waals surface area contributed by atoms with Crippen molar-refractivity contribution in [2.24, 2.45) is 0 Å². The molecule has 0 spiro atoms. The fourth-order valence-corrected chi connectivity index (χ4v) is 3.10. The van der Waals surface area contributed by atoms with E-state index in [-0.39, 0.29) is 5.75 Å². The molecular weight excluding hydrogens is 411 g/mol. The van der Waals surface area contributed by atoms with Gasteiger partial charge in [0.1, 0.15) is 0 Å². The Kier molecular flexibility index (Phi) is 6.03. The first kappa shape index (κ1) is 20.9. The van der Waals surface area contributed by atoms with Gasteiger partial charge in [0.2, 0.25) is 0 Å². The van der Waals surface area contributed by atoms with Crippen LogP contribution in [0.3, 0.4) is 0 Å². The summed E-state index contributed by atoms with van der Waals surface area (Å²) in [6, 6.07) is 18.2. The van der Waals surface area contributed by atoms with Crippen LogP contribution in [0, 0.1) is 5.82 Å². The van der Waals surface area contributed by atoms with E-state index in [1.807, 2.05) is 12.1 Å². The van der Waals surface area contributed by atoms with Crippen molar-refractivity contribution >= 4 is 22.7 Å². The van der Waals surface area contributed by atoms with Gasteiger partial charge in [0, 0.05) is 23.3 Å². The van der Waals surface area contributed by atoms with E-state index in [1.165, 1.54) is 25.1 Å². The lowest BCUT2D eigenvalue weighted by Crippen LogP contribution is -2.47. The molecule has 160 valence electrons. The minimum absolute atomic E-state index is 0.0530. The molecule has 32 heavy (non-hydrogen) atoms. The second-order valence-corrected chi connectivity index (χ2v) is 6.95. The van der Waals surface area contributed by atoms with Crippen LogP contribution < -0.4 is 15.6 Å². The molecule has 2 aromatic carbocycles. The first-order chi connectivity index (χ1) is 15.5. The Hall–Kier alpha value is -4.33. The number of nitrogens with zero attached hydrogens (tertiary/aromatic N) is 2. The topological polar surface area (TPSA) is 93.2 Å². The maximum Gasteiger partial charge on any atom is 0.279 e. The number of hydrogen-bond donors (Lipinski definition) is 2. The number of nitrogens with one attached hydrogen (secondary N) is 2. The van der Waals surface area contributed by atoms with Crippen LogP contribution in [0.5, 0.6) is 5.75 Å². The van der Waals surface area contributed by atoms with Crippen molar-refractivity contribution < 1.29 is 18.7 Å². The number of pyridine rings is 2.